The summed E-state index contributed by atoms with van der Waals surface area (Å²) >= 11 is 1.63. The maximum absolute atomic E-state index is 12.3. The van der Waals surface area contributed by atoms with Crippen molar-refractivity contribution in [1.82, 2.24) is 5.32 Å². The summed E-state index contributed by atoms with van der Waals surface area (Å²) in [6, 6.07) is 8.21. The molecule has 1 aromatic rings. The smallest absolute Gasteiger partial charge is 0.227 e. The summed E-state index contributed by atoms with van der Waals surface area (Å²) in [6.45, 7) is 10.7. The minimum Gasteiger partial charge on any atom is -0.351 e. The predicted molar refractivity (Wildman–Crippen MR) is 94.8 cm³/mol. The van der Waals surface area contributed by atoms with E-state index in [2.05, 4.69) is 50.0 Å². The molecule has 0 fully saturated rings. The molecule has 0 aliphatic heterocycles. The summed E-state index contributed by atoms with van der Waals surface area (Å²) in [5.74, 6) is 0.0500. The number of allylic oxidation sites excluding steroid dienone is 3. The normalized spacial score (nSPS) is 17.5. The molecule has 0 radical (unpaired) electrons. The number of amides is 1. The fraction of sp³-hybridized carbons (Fsp3) is 0.316. The summed E-state index contributed by atoms with van der Waals surface area (Å²) in [7, 11) is 0. The topological polar surface area (TPSA) is 29.1 Å². The molecule has 1 aromatic carbocycles. The summed E-state index contributed by atoms with van der Waals surface area (Å²) in [5.41, 5.74) is 3.59. The molecular formula is C19H23NOS. The Morgan fingerprint density at radius 2 is 2.05 bits per heavy atom. The number of hydrogen-bond acceptors (Lipinski definition) is 2. The first kappa shape index (κ1) is 16.6. The first-order chi connectivity index (χ1) is 10.5. The molecule has 0 heterocycles. The highest BCUT2D eigenvalue weighted by Crippen LogP contribution is 2.28. The van der Waals surface area contributed by atoms with Gasteiger partial charge >= 0.3 is 0 Å². The highest BCUT2D eigenvalue weighted by Gasteiger charge is 2.22. The van der Waals surface area contributed by atoms with E-state index in [0.717, 1.165) is 16.9 Å². The number of benzene rings is 1. The molecule has 2 nitrogen and oxygen atoms in total. The second-order valence-electron chi connectivity index (χ2n) is 5.68. The van der Waals surface area contributed by atoms with E-state index in [-0.39, 0.29) is 11.8 Å². The monoisotopic (exact) mass is 313 g/mol. The number of nitrogens with one attached hydrogen (secondary N) is 1. The van der Waals surface area contributed by atoms with Crippen LogP contribution in [-0.2, 0) is 4.79 Å². The molecule has 3 heteroatoms. The largest absolute Gasteiger partial charge is 0.351 e. The maximum atomic E-state index is 12.3. The van der Waals surface area contributed by atoms with Gasteiger partial charge in [0.2, 0.25) is 5.91 Å². The third-order valence-corrected chi connectivity index (χ3v) is 5.12. The first-order valence-corrected chi connectivity index (χ1v) is 8.33. The van der Waals surface area contributed by atoms with Gasteiger partial charge in [-0.25, -0.2) is 0 Å². The van der Waals surface area contributed by atoms with Crippen molar-refractivity contribution >= 4 is 17.7 Å². The van der Waals surface area contributed by atoms with Crippen LogP contribution in [0.1, 0.15) is 25.8 Å². The van der Waals surface area contributed by atoms with E-state index in [1.165, 1.54) is 16.0 Å². The van der Waals surface area contributed by atoms with E-state index in [4.69, 9.17) is 0 Å². The van der Waals surface area contributed by atoms with Crippen LogP contribution in [0.25, 0.3) is 0 Å². The predicted octanol–water partition coefficient (Wildman–Crippen LogP) is 4.63. The van der Waals surface area contributed by atoms with Crippen LogP contribution < -0.4 is 5.32 Å². The summed E-state index contributed by atoms with van der Waals surface area (Å²) in [5, 5.41) is 3.02. The Labute approximate surface area is 137 Å². The molecule has 22 heavy (non-hydrogen) atoms. The average molecular weight is 313 g/mol. The number of carbonyl (C=O) groups is 1. The SMILES string of the molecule is C=C(CNC(=O)C1CC=CC(C)=C1C)Sc1ccccc1C. The van der Waals surface area contributed by atoms with E-state index in [1.54, 1.807) is 11.8 Å². The van der Waals surface area contributed by atoms with Gasteiger partial charge in [0.1, 0.15) is 0 Å². The lowest BCUT2D eigenvalue weighted by Gasteiger charge is -2.21. The van der Waals surface area contributed by atoms with Crippen LogP contribution in [0.2, 0.25) is 0 Å². The molecule has 1 aliphatic rings. The van der Waals surface area contributed by atoms with Crippen LogP contribution in [0, 0.1) is 12.8 Å². The van der Waals surface area contributed by atoms with Gasteiger partial charge in [-0.15, -0.1) is 0 Å². The fourth-order valence-corrected chi connectivity index (χ4v) is 3.27. The zero-order valence-corrected chi connectivity index (χ0v) is 14.3. The average Bonchev–Trinajstić information content (AvgIpc) is 2.50. The van der Waals surface area contributed by atoms with Gasteiger partial charge in [-0.3, -0.25) is 4.79 Å². The lowest BCUT2D eigenvalue weighted by atomic mass is 9.88. The van der Waals surface area contributed by atoms with Crippen molar-refractivity contribution in [3.63, 3.8) is 0 Å². The Bertz CT molecular complexity index is 643. The van der Waals surface area contributed by atoms with Crippen LogP contribution in [0.5, 0.6) is 0 Å². The van der Waals surface area contributed by atoms with Gasteiger partial charge in [0.15, 0.2) is 0 Å². The number of carbonyl (C=O) groups excluding carboxylic acids is 1. The van der Waals surface area contributed by atoms with Gasteiger partial charge in [-0.1, -0.05) is 59.8 Å². The van der Waals surface area contributed by atoms with Crippen molar-refractivity contribution in [2.75, 3.05) is 6.54 Å². The molecule has 0 bridgehead atoms. The minimum atomic E-state index is -0.0405. The number of hydrogen-bond donors (Lipinski definition) is 1. The van der Waals surface area contributed by atoms with Crippen molar-refractivity contribution in [2.45, 2.75) is 32.1 Å². The quantitative estimate of drug-likeness (QED) is 0.803. The van der Waals surface area contributed by atoms with E-state index in [9.17, 15) is 4.79 Å². The van der Waals surface area contributed by atoms with Gasteiger partial charge in [-0.05, 0) is 38.8 Å². The second kappa shape index (κ2) is 7.50. The highest BCUT2D eigenvalue weighted by atomic mass is 32.2. The van der Waals surface area contributed by atoms with Gasteiger partial charge < -0.3 is 5.32 Å². The third-order valence-electron chi connectivity index (χ3n) is 4.01. The van der Waals surface area contributed by atoms with Crippen molar-refractivity contribution < 1.29 is 4.79 Å². The van der Waals surface area contributed by atoms with Gasteiger partial charge in [0, 0.05) is 16.3 Å². The van der Waals surface area contributed by atoms with Gasteiger partial charge in [0.05, 0.1) is 5.92 Å². The van der Waals surface area contributed by atoms with Crippen LogP contribution in [0.3, 0.4) is 0 Å². The molecule has 1 N–H and O–H groups in total. The van der Waals surface area contributed by atoms with Crippen molar-refractivity contribution in [3.05, 3.63) is 64.6 Å². The third kappa shape index (κ3) is 4.14. The lowest BCUT2D eigenvalue weighted by Crippen LogP contribution is -2.33. The van der Waals surface area contributed by atoms with E-state index < -0.39 is 0 Å². The molecule has 1 aliphatic carbocycles. The molecule has 1 amide bonds. The van der Waals surface area contributed by atoms with Crippen molar-refractivity contribution in [3.8, 4) is 0 Å². The molecule has 0 saturated carbocycles. The van der Waals surface area contributed by atoms with Crippen LogP contribution in [0.4, 0.5) is 0 Å². The Balaban J connectivity index is 1.88. The molecular weight excluding hydrogens is 290 g/mol. The Morgan fingerprint density at radius 3 is 2.77 bits per heavy atom. The van der Waals surface area contributed by atoms with Crippen molar-refractivity contribution in [2.24, 2.45) is 5.92 Å². The summed E-state index contributed by atoms with van der Waals surface area (Å²) in [6.07, 6.45) is 4.95. The van der Waals surface area contributed by atoms with E-state index >= 15 is 0 Å². The maximum Gasteiger partial charge on any atom is 0.227 e. The van der Waals surface area contributed by atoms with Crippen molar-refractivity contribution in [1.29, 1.82) is 0 Å². The standard InChI is InChI=1S/C19H23NOS/c1-13-9-7-10-17(16(13)4)19(21)20-12-15(3)22-18-11-6-5-8-14(18)2/h5-9,11,17H,3,10,12H2,1-2,4H3,(H,20,21). The molecule has 1 atom stereocenters. The Kier molecular flexibility index (Phi) is 5.67. The molecule has 0 saturated heterocycles. The van der Waals surface area contributed by atoms with Gasteiger partial charge in [0.25, 0.3) is 0 Å². The molecule has 1 unspecified atom stereocenters. The lowest BCUT2D eigenvalue weighted by molar-refractivity contribution is -0.123. The molecule has 2 rings (SSSR count). The Morgan fingerprint density at radius 1 is 1.32 bits per heavy atom. The zero-order chi connectivity index (χ0) is 16.1. The number of thioether (sulfide) groups is 1. The van der Waals surface area contributed by atoms with Gasteiger partial charge in [-0.2, -0.15) is 0 Å². The molecule has 0 aromatic heterocycles. The molecule has 0 spiro atoms. The van der Waals surface area contributed by atoms with Crippen LogP contribution >= 0.6 is 11.8 Å². The van der Waals surface area contributed by atoms with Crippen LogP contribution in [-0.4, -0.2) is 12.5 Å². The van der Waals surface area contributed by atoms with Crippen LogP contribution in [0.15, 0.2) is 63.9 Å². The zero-order valence-electron chi connectivity index (χ0n) is 13.5. The van der Waals surface area contributed by atoms with E-state index in [0.29, 0.717) is 6.54 Å². The molecule has 116 valence electrons. The Hall–Kier alpha value is -1.74. The number of aryl methyl sites for hydroxylation is 1. The summed E-state index contributed by atoms with van der Waals surface area (Å²) in [4.78, 5) is 14.5. The number of rotatable bonds is 5. The van der Waals surface area contributed by atoms with E-state index in [1.807, 2.05) is 19.1 Å². The second-order valence-corrected chi connectivity index (χ2v) is 6.90. The first-order valence-electron chi connectivity index (χ1n) is 7.52. The minimum absolute atomic E-state index is 0.0405. The summed E-state index contributed by atoms with van der Waals surface area (Å²) < 4.78 is 0. The highest BCUT2D eigenvalue weighted by molar-refractivity contribution is 8.03. The fourth-order valence-electron chi connectivity index (χ4n) is 2.44.